The standard InChI is InChI=1S/C20H22N2O4/c1-25-17-8-5-9-18(13-17)26-11-10-21-20(24)15-12-19(23)22(14-15)16-6-3-2-4-7-16/h2-9,13,15H,10-12,14H2,1H3,(H,21,24). The number of hydrogen-bond acceptors (Lipinski definition) is 4. The van der Waals surface area contributed by atoms with Crippen LogP contribution in [0.4, 0.5) is 5.69 Å². The van der Waals surface area contributed by atoms with Gasteiger partial charge in [0.25, 0.3) is 0 Å². The lowest BCUT2D eigenvalue weighted by Gasteiger charge is -2.16. The molecule has 136 valence electrons. The van der Waals surface area contributed by atoms with Crippen molar-refractivity contribution in [2.24, 2.45) is 5.92 Å². The minimum Gasteiger partial charge on any atom is -0.497 e. The number of rotatable bonds is 7. The molecule has 1 aliphatic heterocycles. The number of methoxy groups -OCH3 is 1. The van der Waals surface area contributed by atoms with Crippen LogP contribution < -0.4 is 19.7 Å². The summed E-state index contributed by atoms with van der Waals surface area (Å²) >= 11 is 0. The number of ether oxygens (including phenoxy) is 2. The van der Waals surface area contributed by atoms with Crippen molar-refractivity contribution in [1.29, 1.82) is 0 Å². The number of carbonyl (C=O) groups excluding carboxylic acids is 2. The van der Waals surface area contributed by atoms with Gasteiger partial charge in [0.05, 0.1) is 19.6 Å². The van der Waals surface area contributed by atoms with E-state index in [1.54, 1.807) is 18.1 Å². The molecule has 0 bridgehead atoms. The molecule has 2 amide bonds. The topological polar surface area (TPSA) is 67.9 Å². The fourth-order valence-corrected chi connectivity index (χ4v) is 2.92. The minimum atomic E-state index is -0.334. The summed E-state index contributed by atoms with van der Waals surface area (Å²) in [7, 11) is 1.60. The third-order valence-electron chi connectivity index (χ3n) is 4.27. The fraction of sp³-hybridized carbons (Fsp3) is 0.300. The van der Waals surface area contributed by atoms with Crippen LogP contribution in [0.1, 0.15) is 6.42 Å². The van der Waals surface area contributed by atoms with Gasteiger partial charge >= 0.3 is 0 Å². The highest BCUT2D eigenvalue weighted by Gasteiger charge is 2.34. The van der Waals surface area contributed by atoms with E-state index in [1.165, 1.54) is 0 Å². The first kappa shape index (κ1) is 17.8. The van der Waals surface area contributed by atoms with Crippen LogP contribution in [-0.2, 0) is 9.59 Å². The van der Waals surface area contributed by atoms with Crippen LogP contribution in [-0.4, -0.2) is 38.6 Å². The zero-order chi connectivity index (χ0) is 18.4. The summed E-state index contributed by atoms with van der Waals surface area (Å²) in [4.78, 5) is 26.2. The highest BCUT2D eigenvalue weighted by atomic mass is 16.5. The molecule has 1 saturated heterocycles. The summed E-state index contributed by atoms with van der Waals surface area (Å²) in [5.74, 6) is 0.927. The first-order valence-electron chi connectivity index (χ1n) is 8.57. The maximum absolute atomic E-state index is 12.3. The summed E-state index contributed by atoms with van der Waals surface area (Å²) < 4.78 is 10.7. The number of para-hydroxylation sites is 1. The molecule has 1 aliphatic rings. The third kappa shape index (κ3) is 4.33. The molecule has 6 heteroatoms. The molecule has 1 unspecified atom stereocenters. The van der Waals surface area contributed by atoms with Gasteiger partial charge < -0.3 is 19.7 Å². The van der Waals surface area contributed by atoms with Gasteiger partial charge in [0.1, 0.15) is 18.1 Å². The molecule has 0 aliphatic carbocycles. The molecule has 2 aromatic carbocycles. The van der Waals surface area contributed by atoms with E-state index in [2.05, 4.69) is 5.32 Å². The second-order valence-electron chi connectivity index (χ2n) is 6.06. The fourth-order valence-electron chi connectivity index (χ4n) is 2.92. The zero-order valence-electron chi connectivity index (χ0n) is 14.7. The molecule has 1 heterocycles. The van der Waals surface area contributed by atoms with Crippen molar-refractivity contribution in [2.75, 3.05) is 31.7 Å². The van der Waals surface area contributed by atoms with Crippen molar-refractivity contribution in [2.45, 2.75) is 6.42 Å². The summed E-state index contributed by atoms with van der Waals surface area (Å²) in [5, 5.41) is 2.84. The van der Waals surface area contributed by atoms with E-state index >= 15 is 0 Å². The number of benzene rings is 2. The molecule has 1 fully saturated rings. The monoisotopic (exact) mass is 354 g/mol. The lowest BCUT2D eigenvalue weighted by molar-refractivity contribution is -0.126. The van der Waals surface area contributed by atoms with Gasteiger partial charge in [0.15, 0.2) is 0 Å². The van der Waals surface area contributed by atoms with Gasteiger partial charge in [-0.3, -0.25) is 9.59 Å². The second kappa shape index (κ2) is 8.38. The maximum atomic E-state index is 12.3. The molecule has 0 aromatic heterocycles. The van der Waals surface area contributed by atoms with E-state index in [-0.39, 0.29) is 24.2 Å². The Labute approximate surface area is 152 Å². The molecule has 26 heavy (non-hydrogen) atoms. The van der Waals surface area contributed by atoms with Crippen molar-refractivity contribution in [3.63, 3.8) is 0 Å². The number of nitrogens with zero attached hydrogens (tertiary/aromatic N) is 1. The summed E-state index contributed by atoms with van der Waals surface area (Å²) in [6, 6.07) is 16.7. The zero-order valence-corrected chi connectivity index (χ0v) is 14.7. The van der Waals surface area contributed by atoms with Gasteiger partial charge in [-0.05, 0) is 24.3 Å². The Morgan fingerprint density at radius 2 is 1.92 bits per heavy atom. The van der Waals surface area contributed by atoms with E-state index < -0.39 is 0 Å². The van der Waals surface area contributed by atoms with E-state index in [4.69, 9.17) is 9.47 Å². The molecular weight excluding hydrogens is 332 g/mol. The quantitative estimate of drug-likeness (QED) is 0.775. The molecule has 6 nitrogen and oxygen atoms in total. The first-order chi connectivity index (χ1) is 12.7. The SMILES string of the molecule is COc1cccc(OCCNC(=O)C2CC(=O)N(c3ccccc3)C2)c1. The van der Waals surface area contributed by atoms with Gasteiger partial charge in [0.2, 0.25) is 11.8 Å². The Kier molecular flexibility index (Phi) is 5.73. The van der Waals surface area contributed by atoms with Crippen LogP contribution in [0, 0.1) is 5.92 Å². The molecule has 3 rings (SSSR count). The lowest BCUT2D eigenvalue weighted by Crippen LogP contribution is -2.35. The smallest absolute Gasteiger partial charge is 0.227 e. The number of nitrogens with one attached hydrogen (secondary N) is 1. The molecule has 1 atom stereocenters. The Bertz CT molecular complexity index is 763. The Morgan fingerprint density at radius 3 is 2.69 bits per heavy atom. The lowest BCUT2D eigenvalue weighted by atomic mass is 10.1. The van der Waals surface area contributed by atoms with Gasteiger partial charge in [-0.1, -0.05) is 24.3 Å². The average Bonchev–Trinajstić information content (AvgIpc) is 3.08. The van der Waals surface area contributed by atoms with Crippen LogP contribution in [0.2, 0.25) is 0 Å². The maximum Gasteiger partial charge on any atom is 0.227 e. The van der Waals surface area contributed by atoms with E-state index in [0.29, 0.717) is 25.4 Å². The van der Waals surface area contributed by atoms with Crippen LogP contribution in [0.25, 0.3) is 0 Å². The van der Waals surface area contributed by atoms with Gasteiger partial charge in [-0.15, -0.1) is 0 Å². The van der Waals surface area contributed by atoms with Crippen molar-refractivity contribution in [1.82, 2.24) is 5.32 Å². The van der Waals surface area contributed by atoms with Crippen molar-refractivity contribution in [3.8, 4) is 11.5 Å². The van der Waals surface area contributed by atoms with Crippen LogP contribution in [0.15, 0.2) is 54.6 Å². The molecule has 1 N–H and O–H groups in total. The third-order valence-corrected chi connectivity index (χ3v) is 4.27. The van der Waals surface area contributed by atoms with Crippen molar-refractivity contribution in [3.05, 3.63) is 54.6 Å². The van der Waals surface area contributed by atoms with Gasteiger partial charge in [-0.25, -0.2) is 0 Å². The van der Waals surface area contributed by atoms with Crippen LogP contribution in [0.5, 0.6) is 11.5 Å². The highest BCUT2D eigenvalue weighted by molar-refractivity contribution is 6.00. The molecule has 0 spiro atoms. The van der Waals surface area contributed by atoms with Crippen molar-refractivity contribution >= 4 is 17.5 Å². The second-order valence-corrected chi connectivity index (χ2v) is 6.06. The summed E-state index contributed by atoms with van der Waals surface area (Å²) in [6.45, 7) is 1.14. The largest absolute Gasteiger partial charge is 0.497 e. The van der Waals surface area contributed by atoms with Crippen LogP contribution >= 0.6 is 0 Å². The average molecular weight is 354 g/mol. The van der Waals surface area contributed by atoms with Gasteiger partial charge in [0, 0.05) is 24.7 Å². The number of anilines is 1. The van der Waals surface area contributed by atoms with Crippen LogP contribution in [0.3, 0.4) is 0 Å². The number of amides is 2. The number of carbonyl (C=O) groups is 2. The van der Waals surface area contributed by atoms with E-state index in [9.17, 15) is 9.59 Å². The van der Waals surface area contributed by atoms with Crippen molar-refractivity contribution < 1.29 is 19.1 Å². The van der Waals surface area contributed by atoms with Gasteiger partial charge in [-0.2, -0.15) is 0 Å². The predicted molar refractivity (Wildman–Crippen MR) is 98.4 cm³/mol. The highest BCUT2D eigenvalue weighted by Crippen LogP contribution is 2.24. The minimum absolute atomic E-state index is 0.0241. The van der Waals surface area contributed by atoms with E-state index in [1.807, 2.05) is 48.5 Å². The summed E-state index contributed by atoms with van der Waals surface area (Å²) in [6.07, 6.45) is 0.234. The molecule has 0 saturated carbocycles. The Hall–Kier alpha value is -3.02. The molecular formula is C20H22N2O4. The molecule has 2 aromatic rings. The Morgan fingerprint density at radius 1 is 1.15 bits per heavy atom. The van der Waals surface area contributed by atoms with E-state index in [0.717, 1.165) is 11.4 Å². The Balaban J connectivity index is 1.44. The predicted octanol–water partition coefficient (Wildman–Crippen LogP) is 2.24. The molecule has 0 radical (unpaired) electrons. The normalized spacial score (nSPS) is 16.4. The first-order valence-corrected chi connectivity index (χ1v) is 8.57. The number of hydrogen-bond donors (Lipinski definition) is 1. The summed E-state index contributed by atoms with van der Waals surface area (Å²) in [5.41, 5.74) is 0.828.